The fourth-order valence-corrected chi connectivity index (χ4v) is 3.21. The van der Waals surface area contributed by atoms with E-state index in [1.807, 2.05) is 6.07 Å². The molecule has 0 aliphatic carbocycles. The third-order valence-electron chi connectivity index (χ3n) is 4.52. The number of nitrogens with zero attached hydrogens (tertiary/aromatic N) is 4. The fraction of sp³-hybridized carbons (Fsp3) is 0.190. The molecule has 1 N–H and O–H groups in total. The Kier molecular flexibility index (Phi) is 5.10. The van der Waals surface area contributed by atoms with E-state index in [1.165, 1.54) is 6.20 Å². The number of rotatable bonds is 3. The molecule has 132 valence electrons. The van der Waals surface area contributed by atoms with E-state index in [0.717, 1.165) is 5.56 Å². The molecule has 1 aliphatic rings. The number of hydrogen-bond donors (Lipinski definition) is 1. The lowest BCUT2D eigenvalue weighted by molar-refractivity contribution is 0.102. The van der Waals surface area contributed by atoms with Gasteiger partial charge in [-0.1, -0.05) is 12.1 Å². The molecule has 2 atom stereocenters. The normalized spacial score (nSPS) is 18.9. The molecule has 1 aromatic carbocycles. The Morgan fingerprint density at radius 2 is 2.00 bits per heavy atom. The molecule has 0 saturated heterocycles. The van der Waals surface area contributed by atoms with Crippen molar-refractivity contribution in [3.05, 3.63) is 71.2 Å². The van der Waals surface area contributed by atoms with Crippen molar-refractivity contribution in [3.63, 3.8) is 0 Å². The lowest BCUT2D eigenvalue weighted by atomic mass is 9.77. The third-order valence-corrected chi connectivity index (χ3v) is 4.52. The quantitative estimate of drug-likeness (QED) is 0.904. The molecule has 2 aromatic rings. The Labute approximate surface area is 157 Å². The van der Waals surface area contributed by atoms with Crippen LogP contribution in [0.5, 0.6) is 0 Å². The summed E-state index contributed by atoms with van der Waals surface area (Å²) in [6.07, 6.45) is 3.09. The number of hydrogen-bond acceptors (Lipinski definition) is 5. The number of nitrogens with one attached hydrogen (secondary N) is 1. The van der Waals surface area contributed by atoms with Crippen molar-refractivity contribution in [1.82, 2.24) is 4.98 Å². The van der Waals surface area contributed by atoms with Crippen LogP contribution in [0.15, 0.2) is 65.1 Å². The zero-order chi connectivity index (χ0) is 19.4. The molecule has 0 bridgehead atoms. The van der Waals surface area contributed by atoms with Gasteiger partial charge in [0, 0.05) is 29.7 Å². The fourth-order valence-electron chi connectivity index (χ4n) is 3.21. The van der Waals surface area contributed by atoms with Crippen molar-refractivity contribution in [2.45, 2.75) is 19.8 Å². The molecule has 1 aromatic heterocycles. The van der Waals surface area contributed by atoms with Gasteiger partial charge < -0.3 is 5.32 Å². The summed E-state index contributed by atoms with van der Waals surface area (Å²) in [6.45, 7) is 3.57. The lowest BCUT2D eigenvalue weighted by Crippen LogP contribution is -2.25. The van der Waals surface area contributed by atoms with Gasteiger partial charge >= 0.3 is 0 Å². The summed E-state index contributed by atoms with van der Waals surface area (Å²) in [5.74, 6) is -1.20. The van der Waals surface area contributed by atoms with Crippen LogP contribution in [-0.4, -0.2) is 16.6 Å². The summed E-state index contributed by atoms with van der Waals surface area (Å²) in [4.78, 5) is 20.7. The van der Waals surface area contributed by atoms with Crippen LogP contribution in [0.3, 0.4) is 0 Å². The van der Waals surface area contributed by atoms with Crippen molar-refractivity contribution in [1.29, 1.82) is 10.5 Å². The summed E-state index contributed by atoms with van der Waals surface area (Å²) >= 11 is 0. The average Bonchev–Trinajstić information content (AvgIpc) is 2.68. The minimum atomic E-state index is -0.521. The molecule has 1 aliphatic heterocycles. The van der Waals surface area contributed by atoms with Crippen molar-refractivity contribution in [2.75, 3.05) is 5.32 Å². The molecule has 2 heterocycles. The summed E-state index contributed by atoms with van der Waals surface area (Å²) in [6, 6.07) is 15.1. The Morgan fingerprint density at radius 3 is 2.67 bits per heavy atom. The first kappa shape index (κ1) is 18.0. The maximum absolute atomic E-state index is 12.4. The number of nitriles is 2. The molecule has 3 rings (SSSR count). The summed E-state index contributed by atoms with van der Waals surface area (Å²) in [7, 11) is 0. The second kappa shape index (κ2) is 7.63. The van der Waals surface area contributed by atoms with Crippen LogP contribution in [0.4, 0.5) is 5.69 Å². The number of carbonyl (C=O) groups excluding carboxylic acids is 1. The highest BCUT2D eigenvalue weighted by atomic mass is 16.1. The predicted octanol–water partition coefficient (Wildman–Crippen LogP) is 3.83. The molecule has 1 amide bonds. The first-order valence-corrected chi connectivity index (χ1v) is 8.42. The average molecular weight is 355 g/mol. The van der Waals surface area contributed by atoms with Gasteiger partial charge in [0.05, 0.1) is 34.9 Å². The predicted molar refractivity (Wildman–Crippen MR) is 102 cm³/mol. The summed E-state index contributed by atoms with van der Waals surface area (Å²) in [5.41, 5.74) is 3.61. The number of carbonyl (C=O) groups is 1. The highest BCUT2D eigenvalue weighted by Gasteiger charge is 2.33. The Bertz CT molecular complexity index is 1020. The molecule has 0 radical (unpaired) electrons. The minimum Gasteiger partial charge on any atom is -0.322 e. The maximum atomic E-state index is 12.4. The molecule has 0 saturated carbocycles. The lowest BCUT2D eigenvalue weighted by Gasteiger charge is -2.27. The summed E-state index contributed by atoms with van der Waals surface area (Å²) in [5, 5.41) is 22.0. The Balaban J connectivity index is 1.95. The standard InChI is InChI=1S/C21H17N5O/c1-13-18(10-22)20(19(11-23)14(2)25-13)15-5-3-7-17(9-15)26-21(27)16-6-4-8-24-12-16/h3-9,12,18,20H,1-2H3,(H,26,27). The third kappa shape index (κ3) is 3.61. The van der Waals surface area contributed by atoms with Crippen LogP contribution in [0, 0.1) is 28.6 Å². The molecular weight excluding hydrogens is 338 g/mol. The number of aliphatic imine (C=N–C) groups is 1. The first-order valence-electron chi connectivity index (χ1n) is 8.42. The van der Waals surface area contributed by atoms with Gasteiger partial charge in [-0.3, -0.25) is 14.8 Å². The van der Waals surface area contributed by atoms with Crippen molar-refractivity contribution < 1.29 is 4.79 Å². The van der Waals surface area contributed by atoms with Gasteiger partial charge in [-0.15, -0.1) is 0 Å². The van der Waals surface area contributed by atoms with Crippen molar-refractivity contribution in [3.8, 4) is 12.1 Å². The summed E-state index contributed by atoms with van der Waals surface area (Å²) < 4.78 is 0. The highest BCUT2D eigenvalue weighted by Crippen LogP contribution is 2.38. The van der Waals surface area contributed by atoms with E-state index in [4.69, 9.17) is 0 Å². The number of anilines is 1. The van der Waals surface area contributed by atoms with Crippen LogP contribution in [-0.2, 0) is 0 Å². The van der Waals surface area contributed by atoms with Gasteiger partial charge in [-0.2, -0.15) is 10.5 Å². The van der Waals surface area contributed by atoms with E-state index in [-0.39, 0.29) is 5.91 Å². The molecule has 0 fully saturated rings. The van der Waals surface area contributed by atoms with Crippen LogP contribution < -0.4 is 5.32 Å². The number of benzene rings is 1. The first-order chi connectivity index (χ1) is 13.0. The van der Waals surface area contributed by atoms with Crippen molar-refractivity contribution in [2.24, 2.45) is 10.9 Å². The van der Waals surface area contributed by atoms with E-state index in [0.29, 0.717) is 28.2 Å². The molecule has 2 unspecified atom stereocenters. The zero-order valence-electron chi connectivity index (χ0n) is 15.0. The van der Waals surface area contributed by atoms with Gasteiger partial charge in [0.15, 0.2) is 0 Å². The Morgan fingerprint density at radius 1 is 1.19 bits per heavy atom. The number of aromatic nitrogens is 1. The van der Waals surface area contributed by atoms with Gasteiger partial charge in [0.2, 0.25) is 0 Å². The van der Waals surface area contributed by atoms with E-state index >= 15 is 0 Å². The van der Waals surface area contributed by atoms with Crippen LogP contribution in [0.2, 0.25) is 0 Å². The smallest absolute Gasteiger partial charge is 0.257 e. The van der Waals surface area contributed by atoms with Gasteiger partial charge in [-0.05, 0) is 43.7 Å². The number of amides is 1. The monoisotopic (exact) mass is 355 g/mol. The van der Waals surface area contributed by atoms with Gasteiger partial charge in [0.25, 0.3) is 5.91 Å². The number of allylic oxidation sites excluding steroid dienone is 2. The van der Waals surface area contributed by atoms with Crippen LogP contribution >= 0.6 is 0 Å². The molecule has 27 heavy (non-hydrogen) atoms. The van der Waals surface area contributed by atoms with Crippen LogP contribution in [0.25, 0.3) is 0 Å². The van der Waals surface area contributed by atoms with E-state index in [2.05, 4.69) is 27.4 Å². The highest BCUT2D eigenvalue weighted by molar-refractivity contribution is 6.04. The molecule has 6 heteroatoms. The van der Waals surface area contributed by atoms with E-state index in [1.54, 1.807) is 50.4 Å². The zero-order valence-corrected chi connectivity index (χ0v) is 15.0. The topological polar surface area (TPSA) is 102 Å². The van der Waals surface area contributed by atoms with E-state index in [9.17, 15) is 15.3 Å². The molecule has 6 nitrogen and oxygen atoms in total. The molecular formula is C21H17N5O. The second-order valence-corrected chi connectivity index (χ2v) is 6.27. The number of pyridine rings is 1. The second-order valence-electron chi connectivity index (χ2n) is 6.27. The van der Waals surface area contributed by atoms with Gasteiger partial charge in [0.1, 0.15) is 0 Å². The van der Waals surface area contributed by atoms with E-state index < -0.39 is 11.8 Å². The van der Waals surface area contributed by atoms with Gasteiger partial charge in [-0.25, -0.2) is 0 Å². The SMILES string of the molecule is CC1=NC(C)=C(C#N)C(c2cccc(NC(=O)c3cccnc3)c2)C1C#N. The maximum Gasteiger partial charge on any atom is 0.257 e. The minimum absolute atomic E-state index is 0.273. The molecule has 0 spiro atoms. The Hall–Kier alpha value is -3.77. The largest absolute Gasteiger partial charge is 0.322 e. The van der Waals surface area contributed by atoms with Crippen molar-refractivity contribution >= 4 is 17.3 Å². The van der Waals surface area contributed by atoms with Crippen LogP contribution in [0.1, 0.15) is 35.7 Å².